The molecule has 0 saturated heterocycles. The normalized spacial score (nSPS) is 12.0. The minimum absolute atomic E-state index is 0.00113. The van der Waals surface area contributed by atoms with E-state index >= 15 is 0 Å². The standard InChI is InChI=1S/C15H7BrClF6N3O4/c1-24(12-8(14(18,19)20)2-6(16)3-10(12)17)13-9(15(21,22)23)4-7(25(27)28)5-11(13)26(29)30/h2-5H,1H3. The number of rotatable bonds is 4. The molecule has 0 aliphatic rings. The Labute approximate surface area is 176 Å². The van der Waals surface area contributed by atoms with Crippen molar-refractivity contribution >= 4 is 50.3 Å². The first kappa shape index (κ1) is 23.7. The van der Waals surface area contributed by atoms with Crippen LogP contribution in [0.3, 0.4) is 0 Å². The quantitative estimate of drug-likeness (QED) is 0.252. The minimum Gasteiger partial charge on any atom is -0.337 e. The third-order valence-corrected chi connectivity index (χ3v) is 4.54. The lowest BCUT2D eigenvalue weighted by atomic mass is 10.1. The summed E-state index contributed by atoms with van der Waals surface area (Å²) in [4.78, 5) is 19.8. The molecule has 2 aromatic carbocycles. The summed E-state index contributed by atoms with van der Waals surface area (Å²) < 4.78 is 81.1. The zero-order valence-electron chi connectivity index (χ0n) is 14.3. The van der Waals surface area contributed by atoms with Gasteiger partial charge in [0, 0.05) is 17.6 Å². The van der Waals surface area contributed by atoms with E-state index < -0.39 is 61.1 Å². The second kappa shape index (κ2) is 7.91. The number of non-ortho nitro benzene ring substituents is 1. The Kier molecular flexibility index (Phi) is 6.24. The number of nitrogens with zero attached hydrogens (tertiary/aromatic N) is 3. The highest BCUT2D eigenvalue weighted by atomic mass is 79.9. The summed E-state index contributed by atoms with van der Waals surface area (Å²) in [5.74, 6) is 0. The molecule has 0 fully saturated rings. The van der Waals surface area contributed by atoms with Crippen molar-refractivity contribution in [2.24, 2.45) is 0 Å². The lowest BCUT2D eigenvalue weighted by Crippen LogP contribution is -2.22. The van der Waals surface area contributed by atoms with E-state index in [1.807, 2.05) is 0 Å². The van der Waals surface area contributed by atoms with Gasteiger partial charge in [0.1, 0.15) is 5.69 Å². The Morgan fingerprint density at radius 3 is 1.83 bits per heavy atom. The van der Waals surface area contributed by atoms with Gasteiger partial charge in [-0.1, -0.05) is 27.5 Å². The van der Waals surface area contributed by atoms with Crippen molar-refractivity contribution in [3.8, 4) is 0 Å². The van der Waals surface area contributed by atoms with Gasteiger partial charge in [0.2, 0.25) is 0 Å². The van der Waals surface area contributed by atoms with Gasteiger partial charge in [-0.2, -0.15) is 26.3 Å². The van der Waals surface area contributed by atoms with E-state index in [2.05, 4.69) is 15.9 Å². The summed E-state index contributed by atoms with van der Waals surface area (Å²) in [6.07, 6.45) is -10.5. The van der Waals surface area contributed by atoms with Gasteiger partial charge in [-0.3, -0.25) is 20.2 Å². The van der Waals surface area contributed by atoms with Gasteiger partial charge in [0.15, 0.2) is 0 Å². The highest BCUT2D eigenvalue weighted by Gasteiger charge is 2.43. The molecule has 2 rings (SSSR count). The van der Waals surface area contributed by atoms with Crippen LogP contribution >= 0.6 is 27.5 Å². The number of anilines is 2. The van der Waals surface area contributed by atoms with Gasteiger partial charge in [-0.05, 0) is 12.1 Å². The second-order valence-corrected chi connectivity index (χ2v) is 7.04. The summed E-state index contributed by atoms with van der Waals surface area (Å²) in [5, 5.41) is 21.6. The highest BCUT2D eigenvalue weighted by Crippen LogP contribution is 2.50. The Hall–Kier alpha value is -2.61. The molecule has 30 heavy (non-hydrogen) atoms. The van der Waals surface area contributed by atoms with Crippen LogP contribution in [-0.2, 0) is 12.4 Å². The van der Waals surface area contributed by atoms with E-state index in [1.54, 1.807) is 0 Å². The van der Waals surface area contributed by atoms with Gasteiger partial charge >= 0.3 is 12.4 Å². The van der Waals surface area contributed by atoms with Gasteiger partial charge in [-0.15, -0.1) is 0 Å². The molecule has 0 aromatic heterocycles. The van der Waals surface area contributed by atoms with E-state index in [9.17, 15) is 46.6 Å². The lowest BCUT2D eigenvalue weighted by molar-refractivity contribution is -0.394. The van der Waals surface area contributed by atoms with Crippen molar-refractivity contribution in [1.82, 2.24) is 0 Å². The first-order valence-electron chi connectivity index (χ1n) is 7.39. The smallest absolute Gasteiger partial charge is 0.337 e. The van der Waals surface area contributed by atoms with Crippen LogP contribution in [0.25, 0.3) is 0 Å². The summed E-state index contributed by atoms with van der Waals surface area (Å²) >= 11 is 8.62. The molecular weight excluding hydrogens is 516 g/mol. The molecule has 0 bridgehead atoms. The first-order valence-corrected chi connectivity index (χ1v) is 8.56. The molecule has 7 nitrogen and oxygen atoms in total. The summed E-state index contributed by atoms with van der Waals surface area (Å²) in [6, 6.07) is 1.70. The molecule has 15 heteroatoms. The molecule has 0 atom stereocenters. The van der Waals surface area contributed by atoms with Crippen LogP contribution in [0.4, 0.5) is 49.1 Å². The number of halogens is 8. The highest BCUT2D eigenvalue weighted by molar-refractivity contribution is 9.10. The average molecular weight is 523 g/mol. The molecule has 0 radical (unpaired) electrons. The molecular formula is C15H7BrClF6N3O4. The SMILES string of the molecule is CN(c1c(Cl)cc(Br)cc1C(F)(F)F)c1c([N+](=O)[O-])cc([N+](=O)[O-])cc1C(F)(F)F. The van der Waals surface area contributed by atoms with Crippen LogP contribution in [0.5, 0.6) is 0 Å². The third-order valence-electron chi connectivity index (χ3n) is 3.79. The maximum absolute atomic E-state index is 13.6. The van der Waals surface area contributed by atoms with E-state index in [0.717, 1.165) is 6.07 Å². The molecule has 0 aliphatic heterocycles. The van der Waals surface area contributed by atoms with Gasteiger partial charge in [-0.25, -0.2) is 0 Å². The van der Waals surface area contributed by atoms with E-state index in [1.165, 1.54) is 0 Å². The zero-order chi connectivity index (χ0) is 23.2. The average Bonchev–Trinajstić information content (AvgIpc) is 2.57. The maximum Gasteiger partial charge on any atom is 0.418 e. The van der Waals surface area contributed by atoms with Crippen LogP contribution in [0.1, 0.15) is 11.1 Å². The van der Waals surface area contributed by atoms with Crippen LogP contribution in [0.15, 0.2) is 28.7 Å². The molecule has 0 heterocycles. The fourth-order valence-corrected chi connectivity index (χ4v) is 3.59. The Morgan fingerprint density at radius 1 is 0.900 bits per heavy atom. The third kappa shape index (κ3) is 4.59. The van der Waals surface area contributed by atoms with E-state index in [4.69, 9.17) is 11.6 Å². The Bertz CT molecular complexity index is 1040. The van der Waals surface area contributed by atoms with Crippen molar-refractivity contribution in [3.05, 3.63) is 65.1 Å². The lowest BCUT2D eigenvalue weighted by Gasteiger charge is -2.27. The van der Waals surface area contributed by atoms with Crippen LogP contribution < -0.4 is 4.90 Å². The van der Waals surface area contributed by atoms with Crippen molar-refractivity contribution in [2.75, 3.05) is 11.9 Å². The fraction of sp³-hybridized carbons (Fsp3) is 0.200. The largest absolute Gasteiger partial charge is 0.418 e. The summed E-state index contributed by atoms with van der Waals surface area (Å²) in [5.41, 5.74) is -8.39. The maximum atomic E-state index is 13.6. The molecule has 0 saturated carbocycles. The van der Waals surface area contributed by atoms with Gasteiger partial charge < -0.3 is 4.90 Å². The molecule has 0 aliphatic carbocycles. The molecule has 0 spiro atoms. The molecule has 0 unspecified atom stereocenters. The molecule has 0 N–H and O–H groups in total. The fourth-order valence-electron chi connectivity index (χ4n) is 2.65. The van der Waals surface area contributed by atoms with Crippen LogP contribution in [0, 0.1) is 20.2 Å². The predicted molar refractivity (Wildman–Crippen MR) is 97.0 cm³/mol. The minimum atomic E-state index is -5.37. The molecule has 162 valence electrons. The van der Waals surface area contributed by atoms with Gasteiger partial charge in [0.25, 0.3) is 11.4 Å². The van der Waals surface area contributed by atoms with Gasteiger partial charge in [0.05, 0.1) is 37.7 Å². The number of nitro groups is 2. The van der Waals surface area contributed by atoms with E-state index in [-0.39, 0.29) is 21.5 Å². The van der Waals surface area contributed by atoms with E-state index in [0.29, 0.717) is 13.1 Å². The number of nitro benzene ring substituents is 2. The van der Waals surface area contributed by atoms with Crippen LogP contribution in [-0.4, -0.2) is 16.9 Å². The molecule has 0 amide bonds. The Morgan fingerprint density at radius 2 is 1.40 bits per heavy atom. The topological polar surface area (TPSA) is 89.5 Å². The van der Waals surface area contributed by atoms with Crippen molar-refractivity contribution in [1.29, 1.82) is 0 Å². The number of benzene rings is 2. The zero-order valence-corrected chi connectivity index (χ0v) is 16.6. The van der Waals surface area contributed by atoms with Crippen molar-refractivity contribution in [2.45, 2.75) is 12.4 Å². The number of hydrogen-bond acceptors (Lipinski definition) is 5. The van der Waals surface area contributed by atoms with Crippen LogP contribution in [0.2, 0.25) is 5.02 Å². The number of alkyl halides is 6. The molecule has 2 aromatic rings. The number of hydrogen-bond donors (Lipinski definition) is 0. The second-order valence-electron chi connectivity index (χ2n) is 5.71. The Balaban J connectivity index is 2.98. The van der Waals surface area contributed by atoms with Crippen molar-refractivity contribution in [3.63, 3.8) is 0 Å². The monoisotopic (exact) mass is 521 g/mol. The summed E-state index contributed by atoms with van der Waals surface area (Å²) in [6.45, 7) is 0. The predicted octanol–water partition coefficient (Wildman–Crippen LogP) is 6.72. The first-order chi connectivity index (χ1) is 13.6. The van der Waals surface area contributed by atoms with Crippen molar-refractivity contribution < 1.29 is 36.2 Å². The summed E-state index contributed by atoms with van der Waals surface area (Å²) in [7, 11) is 0.702.